The molecule has 0 aliphatic heterocycles. The Morgan fingerprint density at radius 3 is 2.77 bits per heavy atom. The Labute approximate surface area is 184 Å². The molecule has 0 atom stereocenters. The van der Waals surface area contributed by atoms with Crippen molar-refractivity contribution in [2.24, 2.45) is 5.92 Å². The summed E-state index contributed by atoms with van der Waals surface area (Å²) < 4.78 is 5.55. The maximum Gasteiger partial charge on any atom is 0.255 e. The predicted molar refractivity (Wildman–Crippen MR) is 119 cm³/mol. The fraction of sp³-hybridized carbons (Fsp3) is 0.217. The zero-order chi connectivity index (χ0) is 21.8. The summed E-state index contributed by atoms with van der Waals surface area (Å²) in [6.45, 7) is 2.40. The van der Waals surface area contributed by atoms with Crippen molar-refractivity contribution in [3.05, 3.63) is 65.6 Å². The summed E-state index contributed by atoms with van der Waals surface area (Å²) in [6, 6.07) is 10.4. The molecule has 3 aromatic rings. The van der Waals surface area contributed by atoms with Crippen LogP contribution in [0, 0.1) is 5.92 Å². The summed E-state index contributed by atoms with van der Waals surface area (Å²) in [6.07, 6.45) is 6.51. The number of halogens is 1. The number of carbonyl (C=O) groups excluding carboxylic acids is 2. The SMILES string of the molecule is CCOc1cccc(-c2cncc(NC(=O)c3ccnc(NC(=O)C4CC4)c3)c2)c1Cl. The Morgan fingerprint density at radius 1 is 1.16 bits per heavy atom. The zero-order valence-corrected chi connectivity index (χ0v) is 17.6. The number of pyridine rings is 2. The van der Waals surface area contributed by atoms with Gasteiger partial charge < -0.3 is 15.4 Å². The Morgan fingerprint density at radius 2 is 2.00 bits per heavy atom. The maximum atomic E-state index is 12.7. The van der Waals surface area contributed by atoms with Gasteiger partial charge in [0.1, 0.15) is 11.6 Å². The van der Waals surface area contributed by atoms with Crippen molar-refractivity contribution in [3.63, 3.8) is 0 Å². The Kier molecular flexibility index (Phi) is 6.13. The van der Waals surface area contributed by atoms with E-state index in [2.05, 4.69) is 20.6 Å². The van der Waals surface area contributed by atoms with Gasteiger partial charge in [-0.2, -0.15) is 0 Å². The van der Waals surface area contributed by atoms with Crippen molar-refractivity contribution in [2.45, 2.75) is 19.8 Å². The topological polar surface area (TPSA) is 93.2 Å². The molecule has 0 unspecified atom stereocenters. The van der Waals surface area contributed by atoms with Gasteiger partial charge in [-0.05, 0) is 44.0 Å². The number of aromatic nitrogens is 2. The number of rotatable bonds is 7. The first-order valence-electron chi connectivity index (χ1n) is 10.00. The summed E-state index contributed by atoms with van der Waals surface area (Å²) >= 11 is 6.48. The number of carbonyl (C=O) groups is 2. The molecule has 0 saturated heterocycles. The van der Waals surface area contributed by atoms with Gasteiger partial charge >= 0.3 is 0 Å². The van der Waals surface area contributed by atoms with Gasteiger partial charge in [-0.3, -0.25) is 14.6 Å². The summed E-state index contributed by atoms with van der Waals surface area (Å²) in [5.41, 5.74) is 2.39. The highest BCUT2D eigenvalue weighted by molar-refractivity contribution is 6.34. The van der Waals surface area contributed by atoms with Crippen molar-refractivity contribution >= 4 is 34.9 Å². The van der Waals surface area contributed by atoms with Crippen LogP contribution in [0.25, 0.3) is 11.1 Å². The smallest absolute Gasteiger partial charge is 0.255 e. The van der Waals surface area contributed by atoms with E-state index in [1.54, 1.807) is 36.7 Å². The molecule has 1 saturated carbocycles. The monoisotopic (exact) mass is 436 g/mol. The Hall–Kier alpha value is -3.45. The number of ether oxygens (including phenoxy) is 1. The second-order valence-electron chi connectivity index (χ2n) is 7.16. The number of benzene rings is 1. The summed E-state index contributed by atoms with van der Waals surface area (Å²) in [5, 5.41) is 6.06. The average molecular weight is 437 g/mol. The van der Waals surface area contributed by atoms with Gasteiger partial charge in [-0.15, -0.1) is 0 Å². The molecule has 4 rings (SSSR count). The third-order valence-electron chi connectivity index (χ3n) is 4.79. The highest BCUT2D eigenvalue weighted by Crippen LogP contribution is 2.35. The molecular formula is C23H21ClN4O3. The van der Waals surface area contributed by atoms with Crippen LogP contribution >= 0.6 is 11.6 Å². The van der Waals surface area contributed by atoms with Gasteiger partial charge in [0.15, 0.2) is 0 Å². The second-order valence-corrected chi connectivity index (χ2v) is 7.54. The summed E-state index contributed by atoms with van der Waals surface area (Å²) in [5.74, 6) is 0.608. The van der Waals surface area contributed by atoms with Crippen molar-refractivity contribution in [3.8, 4) is 16.9 Å². The van der Waals surface area contributed by atoms with Gasteiger partial charge in [-0.25, -0.2) is 4.98 Å². The first-order chi connectivity index (χ1) is 15.0. The first-order valence-corrected chi connectivity index (χ1v) is 10.4. The minimum absolute atomic E-state index is 0.0566. The molecule has 158 valence electrons. The second kappa shape index (κ2) is 9.14. The fourth-order valence-electron chi connectivity index (χ4n) is 3.07. The molecule has 0 bridgehead atoms. The lowest BCUT2D eigenvalue weighted by molar-refractivity contribution is -0.117. The van der Waals surface area contributed by atoms with Crippen LogP contribution in [0.15, 0.2) is 55.0 Å². The lowest BCUT2D eigenvalue weighted by Crippen LogP contribution is -2.16. The predicted octanol–water partition coefficient (Wildman–Crippen LogP) is 4.80. The number of nitrogens with zero attached hydrogens (tertiary/aromatic N) is 2. The van der Waals surface area contributed by atoms with Crippen molar-refractivity contribution in [1.82, 2.24) is 9.97 Å². The van der Waals surface area contributed by atoms with E-state index >= 15 is 0 Å². The van der Waals surface area contributed by atoms with Gasteiger partial charge in [-0.1, -0.05) is 23.7 Å². The van der Waals surface area contributed by atoms with E-state index in [0.717, 1.165) is 24.0 Å². The van der Waals surface area contributed by atoms with Gasteiger partial charge in [0.25, 0.3) is 5.91 Å². The van der Waals surface area contributed by atoms with Crippen molar-refractivity contribution in [2.75, 3.05) is 17.2 Å². The maximum absolute atomic E-state index is 12.7. The largest absolute Gasteiger partial charge is 0.492 e. The number of anilines is 2. The van der Waals surface area contributed by atoms with Crippen LogP contribution in [-0.4, -0.2) is 28.4 Å². The zero-order valence-electron chi connectivity index (χ0n) is 16.9. The van der Waals surface area contributed by atoms with E-state index in [4.69, 9.17) is 16.3 Å². The molecule has 0 spiro atoms. The van der Waals surface area contributed by atoms with Crippen LogP contribution in [0.1, 0.15) is 30.1 Å². The molecule has 1 aliphatic rings. The van der Waals surface area contributed by atoms with Crippen molar-refractivity contribution < 1.29 is 14.3 Å². The Bertz CT molecular complexity index is 1130. The van der Waals surface area contributed by atoms with Crippen molar-refractivity contribution in [1.29, 1.82) is 0 Å². The van der Waals surface area contributed by atoms with E-state index < -0.39 is 0 Å². The Balaban J connectivity index is 1.51. The van der Waals surface area contributed by atoms with Crippen LogP contribution in [0.4, 0.5) is 11.5 Å². The van der Waals surface area contributed by atoms with Crippen LogP contribution in [0.5, 0.6) is 5.75 Å². The van der Waals surface area contributed by atoms with Gasteiger partial charge in [0, 0.05) is 35.0 Å². The molecule has 31 heavy (non-hydrogen) atoms. The lowest BCUT2D eigenvalue weighted by atomic mass is 10.1. The molecule has 0 radical (unpaired) electrons. The molecule has 2 aromatic heterocycles. The highest BCUT2D eigenvalue weighted by atomic mass is 35.5. The van der Waals surface area contributed by atoms with Gasteiger partial charge in [0.2, 0.25) is 5.91 Å². The molecule has 1 aliphatic carbocycles. The van der Waals surface area contributed by atoms with Crippen LogP contribution in [0.3, 0.4) is 0 Å². The van der Waals surface area contributed by atoms with E-state index in [-0.39, 0.29) is 17.7 Å². The molecule has 2 heterocycles. The standard InChI is InChI=1S/C23H21ClN4O3/c1-2-31-19-5-3-4-18(21(19)24)16-10-17(13-25-12-16)27-23(30)15-8-9-26-20(11-15)28-22(29)14-6-7-14/h3-5,8-14H,2,6-7H2,1H3,(H,27,30)(H,26,28,29). The molecule has 7 nitrogen and oxygen atoms in total. The highest BCUT2D eigenvalue weighted by Gasteiger charge is 2.29. The van der Waals surface area contributed by atoms with E-state index in [0.29, 0.717) is 34.4 Å². The third kappa shape index (κ3) is 5.00. The normalized spacial score (nSPS) is 12.8. The van der Waals surface area contributed by atoms with Crippen LogP contribution < -0.4 is 15.4 Å². The van der Waals surface area contributed by atoms with Gasteiger partial charge in [0.05, 0.1) is 23.5 Å². The summed E-state index contributed by atoms with van der Waals surface area (Å²) in [4.78, 5) is 33.0. The minimum atomic E-state index is -0.336. The minimum Gasteiger partial charge on any atom is -0.492 e. The van der Waals surface area contributed by atoms with E-state index in [1.807, 2.05) is 19.1 Å². The molecular weight excluding hydrogens is 416 g/mol. The number of amides is 2. The average Bonchev–Trinajstić information content (AvgIpc) is 3.61. The molecule has 1 fully saturated rings. The molecule has 2 amide bonds. The third-order valence-corrected chi connectivity index (χ3v) is 5.18. The number of hydrogen-bond donors (Lipinski definition) is 2. The lowest BCUT2D eigenvalue weighted by Gasteiger charge is -2.11. The molecule has 8 heteroatoms. The van der Waals surface area contributed by atoms with E-state index in [9.17, 15) is 9.59 Å². The number of hydrogen-bond acceptors (Lipinski definition) is 5. The van der Waals surface area contributed by atoms with Crippen LogP contribution in [0.2, 0.25) is 5.02 Å². The molecule has 1 aromatic carbocycles. The van der Waals surface area contributed by atoms with Crippen LogP contribution in [-0.2, 0) is 4.79 Å². The number of nitrogens with one attached hydrogen (secondary N) is 2. The molecule has 2 N–H and O–H groups in total. The summed E-state index contributed by atoms with van der Waals surface area (Å²) in [7, 11) is 0. The van der Waals surface area contributed by atoms with E-state index in [1.165, 1.54) is 6.20 Å². The fourth-order valence-corrected chi connectivity index (χ4v) is 3.36. The first kappa shape index (κ1) is 20.8. The quantitative estimate of drug-likeness (QED) is 0.555.